The van der Waals surface area contributed by atoms with Gasteiger partial charge in [0, 0.05) is 20.4 Å². The molecule has 7 heteroatoms. The van der Waals surface area contributed by atoms with Crippen LogP contribution in [0.5, 0.6) is 0 Å². The predicted molar refractivity (Wildman–Crippen MR) is 79.2 cm³/mol. The maximum absolute atomic E-state index is 12.5. The third-order valence-electron chi connectivity index (χ3n) is 3.20. The predicted octanol–water partition coefficient (Wildman–Crippen LogP) is 1.26. The largest absolute Gasteiger partial charge is 0.382 e. The number of hydrogen-bond acceptors (Lipinski definition) is 4. The molecule has 1 unspecified atom stereocenters. The molecular weight excluding hydrogens is 290 g/mol. The number of aromatic nitrogens is 2. The summed E-state index contributed by atoms with van der Waals surface area (Å²) in [7, 11) is -0.468. The second-order valence-corrected chi connectivity index (χ2v) is 6.77. The molecule has 1 heterocycles. The van der Waals surface area contributed by atoms with Crippen LogP contribution in [0.25, 0.3) is 0 Å². The number of nitrogens with one attached hydrogen (secondary N) is 1. The average molecular weight is 309 g/mol. The van der Waals surface area contributed by atoms with E-state index in [0.717, 1.165) is 5.56 Å². The highest BCUT2D eigenvalue weighted by atomic mass is 32.2. The Hall–Kier alpha value is -1.70. The molecule has 6 nitrogen and oxygen atoms in total. The van der Waals surface area contributed by atoms with E-state index >= 15 is 0 Å². The van der Waals surface area contributed by atoms with Gasteiger partial charge in [-0.3, -0.25) is 4.68 Å². The number of ether oxygens (including phenoxy) is 1. The van der Waals surface area contributed by atoms with Gasteiger partial charge >= 0.3 is 0 Å². The molecule has 1 N–H and O–H groups in total. The topological polar surface area (TPSA) is 73.2 Å². The second-order valence-electron chi connectivity index (χ2n) is 5.09. The van der Waals surface area contributed by atoms with Crippen LogP contribution in [0.1, 0.15) is 12.5 Å². The molecule has 1 aromatic heterocycles. The van der Waals surface area contributed by atoms with Gasteiger partial charge in [0.1, 0.15) is 4.90 Å². The molecular formula is C14H19N3O3S. The lowest BCUT2D eigenvalue weighted by atomic mass is 9.94. The molecule has 114 valence electrons. The van der Waals surface area contributed by atoms with Crippen molar-refractivity contribution in [1.82, 2.24) is 14.5 Å². The number of benzene rings is 1. The molecule has 0 fully saturated rings. The fourth-order valence-electron chi connectivity index (χ4n) is 2.16. The molecule has 0 saturated carbocycles. The Morgan fingerprint density at radius 3 is 2.52 bits per heavy atom. The van der Waals surface area contributed by atoms with Gasteiger partial charge < -0.3 is 4.74 Å². The van der Waals surface area contributed by atoms with Gasteiger partial charge in [-0.15, -0.1) is 0 Å². The van der Waals surface area contributed by atoms with E-state index in [1.807, 2.05) is 30.3 Å². The highest BCUT2D eigenvalue weighted by Crippen LogP contribution is 2.23. The van der Waals surface area contributed by atoms with Crippen molar-refractivity contribution in [1.29, 1.82) is 0 Å². The fraction of sp³-hybridized carbons (Fsp3) is 0.357. The molecule has 0 bridgehead atoms. The Labute approximate surface area is 124 Å². The number of methoxy groups -OCH3 is 1. The summed E-state index contributed by atoms with van der Waals surface area (Å²) in [5.41, 5.74) is -0.0238. The fourth-order valence-corrected chi connectivity index (χ4v) is 3.52. The zero-order valence-corrected chi connectivity index (χ0v) is 13.1. The molecule has 0 radical (unpaired) electrons. The first-order valence-corrected chi connectivity index (χ1v) is 7.93. The van der Waals surface area contributed by atoms with Crippen LogP contribution in [0.4, 0.5) is 0 Å². The summed E-state index contributed by atoms with van der Waals surface area (Å²) in [5, 5.41) is 3.90. The normalized spacial score (nSPS) is 14.8. The Morgan fingerprint density at radius 1 is 1.33 bits per heavy atom. The van der Waals surface area contributed by atoms with Crippen LogP contribution in [0, 0.1) is 0 Å². The zero-order valence-electron chi connectivity index (χ0n) is 12.3. The van der Waals surface area contributed by atoms with Crippen LogP contribution in [0.15, 0.2) is 47.6 Å². The Morgan fingerprint density at radius 2 is 2.00 bits per heavy atom. The van der Waals surface area contributed by atoms with Gasteiger partial charge in [0.2, 0.25) is 10.0 Å². The van der Waals surface area contributed by atoms with Crippen molar-refractivity contribution >= 4 is 10.0 Å². The molecule has 1 aromatic carbocycles. The van der Waals surface area contributed by atoms with E-state index < -0.39 is 15.6 Å². The Balaban J connectivity index is 2.36. The summed E-state index contributed by atoms with van der Waals surface area (Å²) in [4.78, 5) is 0.128. The zero-order chi connectivity index (χ0) is 15.5. The molecule has 0 saturated heterocycles. The number of hydrogen-bond donors (Lipinski definition) is 1. The molecule has 1 atom stereocenters. The lowest BCUT2D eigenvalue weighted by molar-refractivity contribution is 0.132. The number of aryl methyl sites for hydroxylation is 1. The van der Waals surface area contributed by atoms with Gasteiger partial charge in [0.15, 0.2) is 0 Å². The van der Waals surface area contributed by atoms with Gasteiger partial charge in [0.25, 0.3) is 0 Å². The van der Waals surface area contributed by atoms with Gasteiger partial charge in [-0.1, -0.05) is 30.3 Å². The summed E-state index contributed by atoms with van der Waals surface area (Å²) < 4.78 is 34.3. The van der Waals surface area contributed by atoms with Crippen LogP contribution in [-0.2, 0) is 27.3 Å². The van der Waals surface area contributed by atoms with E-state index in [4.69, 9.17) is 4.74 Å². The third-order valence-corrected chi connectivity index (χ3v) is 4.75. The third kappa shape index (κ3) is 3.49. The first-order chi connectivity index (χ1) is 9.87. The first kappa shape index (κ1) is 15.7. The molecule has 0 amide bonds. The number of nitrogens with zero attached hydrogens (tertiary/aromatic N) is 2. The molecule has 0 aliphatic rings. The highest BCUT2D eigenvalue weighted by molar-refractivity contribution is 7.89. The summed E-state index contributed by atoms with van der Waals surface area (Å²) in [6.45, 7) is 2.01. The Bertz CT molecular complexity index is 697. The van der Waals surface area contributed by atoms with E-state index in [0.29, 0.717) is 0 Å². The quantitative estimate of drug-likeness (QED) is 0.872. The maximum Gasteiger partial charge on any atom is 0.244 e. The first-order valence-electron chi connectivity index (χ1n) is 6.44. The minimum absolute atomic E-state index is 0.128. The van der Waals surface area contributed by atoms with Crippen LogP contribution < -0.4 is 4.72 Å². The molecule has 2 rings (SSSR count). The van der Waals surface area contributed by atoms with Crippen molar-refractivity contribution in [2.24, 2.45) is 7.05 Å². The maximum atomic E-state index is 12.5. The molecule has 21 heavy (non-hydrogen) atoms. The molecule has 0 spiro atoms. The minimum atomic E-state index is -3.68. The molecule has 2 aromatic rings. The number of sulfonamides is 1. The van der Waals surface area contributed by atoms with Crippen molar-refractivity contribution < 1.29 is 13.2 Å². The van der Waals surface area contributed by atoms with E-state index in [2.05, 4.69) is 9.82 Å². The van der Waals surface area contributed by atoms with E-state index in [-0.39, 0.29) is 11.5 Å². The van der Waals surface area contributed by atoms with E-state index in [1.54, 1.807) is 21.1 Å². The highest BCUT2D eigenvalue weighted by Gasteiger charge is 2.33. The van der Waals surface area contributed by atoms with Crippen molar-refractivity contribution in [3.8, 4) is 0 Å². The SMILES string of the molecule is COCC(C)(NS(=O)(=O)c1cnn(C)c1)c1ccccc1. The molecule has 0 aliphatic carbocycles. The lowest BCUT2D eigenvalue weighted by Crippen LogP contribution is -2.46. The Kier molecular flexibility index (Phi) is 4.46. The second kappa shape index (κ2) is 5.97. The van der Waals surface area contributed by atoms with Crippen LogP contribution in [0.3, 0.4) is 0 Å². The van der Waals surface area contributed by atoms with Crippen molar-refractivity contribution in [3.63, 3.8) is 0 Å². The summed E-state index contributed by atoms with van der Waals surface area (Å²) in [5.74, 6) is 0. The standard InChI is InChI=1S/C14H19N3O3S/c1-14(11-20-3,12-7-5-4-6-8-12)16-21(18,19)13-9-15-17(2)10-13/h4-10,16H,11H2,1-3H3. The van der Waals surface area contributed by atoms with Crippen molar-refractivity contribution in [2.45, 2.75) is 17.4 Å². The minimum Gasteiger partial charge on any atom is -0.382 e. The summed E-state index contributed by atoms with van der Waals surface area (Å²) >= 11 is 0. The van der Waals surface area contributed by atoms with Crippen LogP contribution in [-0.4, -0.2) is 31.9 Å². The van der Waals surface area contributed by atoms with E-state index in [1.165, 1.54) is 17.1 Å². The van der Waals surface area contributed by atoms with E-state index in [9.17, 15) is 8.42 Å². The van der Waals surface area contributed by atoms with Gasteiger partial charge in [-0.25, -0.2) is 8.42 Å². The van der Waals surface area contributed by atoms with Crippen LogP contribution >= 0.6 is 0 Å². The van der Waals surface area contributed by atoms with Crippen LogP contribution in [0.2, 0.25) is 0 Å². The van der Waals surface area contributed by atoms with Crippen molar-refractivity contribution in [3.05, 3.63) is 48.3 Å². The van der Waals surface area contributed by atoms with Crippen molar-refractivity contribution in [2.75, 3.05) is 13.7 Å². The van der Waals surface area contributed by atoms with Gasteiger partial charge in [-0.05, 0) is 12.5 Å². The smallest absolute Gasteiger partial charge is 0.244 e. The summed E-state index contributed by atoms with van der Waals surface area (Å²) in [6.07, 6.45) is 2.78. The summed E-state index contributed by atoms with van der Waals surface area (Å²) in [6, 6.07) is 9.34. The molecule has 0 aliphatic heterocycles. The monoisotopic (exact) mass is 309 g/mol. The average Bonchev–Trinajstić information content (AvgIpc) is 2.87. The van der Waals surface area contributed by atoms with Gasteiger partial charge in [0.05, 0.1) is 18.3 Å². The number of rotatable bonds is 6. The van der Waals surface area contributed by atoms with Gasteiger partial charge in [-0.2, -0.15) is 9.82 Å². The lowest BCUT2D eigenvalue weighted by Gasteiger charge is -2.30.